The molecular weight excluding hydrogens is 264 g/mol. The van der Waals surface area contributed by atoms with Gasteiger partial charge in [0, 0.05) is 18.4 Å². The average molecular weight is 276 g/mol. The largest absolute Gasteiger partial charge is 0.351 e. The van der Waals surface area contributed by atoms with Gasteiger partial charge in [-0.25, -0.2) is 4.98 Å². The van der Waals surface area contributed by atoms with E-state index in [1.165, 1.54) is 17.7 Å². The number of carbonyl (C=O) groups is 1. The molecule has 0 aromatic carbocycles. The number of hydrogen-bond donors (Lipinski definition) is 3. The van der Waals surface area contributed by atoms with Crippen LogP contribution in [0.4, 0.5) is 0 Å². The van der Waals surface area contributed by atoms with Crippen molar-refractivity contribution in [2.24, 2.45) is 0 Å². The van der Waals surface area contributed by atoms with Gasteiger partial charge in [-0.1, -0.05) is 0 Å². The molecule has 3 aromatic rings. The third kappa shape index (κ3) is 2.63. The van der Waals surface area contributed by atoms with Crippen LogP contribution in [0.2, 0.25) is 0 Å². The van der Waals surface area contributed by atoms with Crippen LogP contribution in [0.1, 0.15) is 21.9 Å². The fraction of sp³-hybridized carbons (Fsp3) is 0.273. The molecule has 0 saturated carbocycles. The summed E-state index contributed by atoms with van der Waals surface area (Å²) in [6, 6.07) is 1.84. The zero-order valence-corrected chi connectivity index (χ0v) is 10.8. The van der Waals surface area contributed by atoms with Crippen LogP contribution in [0, 0.1) is 0 Å². The number of aromatic amines is 2. The van der Waals surface area contributed by atoms with E-state index in [0.29, 0.717) is 11.4 Å². The summed E-state index contributed by atoms with van der Waals surface area (Å²) in [4.78, 5) is 17.5. The van der Waals surface area contributed by atoms with Gasteiger partial charge in [0.05, 0.1) is 11.1 Å². The molecule has 0 aliphatic rings. The summed E-state index contributed by atoms with van der Waals surface area (Å²) < 4.78 is 0. The molecule has 8 heteroatoms. The van der Waals surface area contributed by atoms with Gasteiger partial charge in [0.1, 0.15) is 17.0 Å². The number of thiophene rings is 1. The monoisotopic (exact) mass is 276 g/mol. The summed E-state index contributed by atoms with van der Waals surface area (Å²) >= 11 is 1.41. The number of aromatic nitrogens is 5. The number of aryl methyl sites for hydroxylation is 1. The summed E-state index contributed by atoms with van der Waals surface area (Å²) in [5, 5.41) is 17.2. The van der Waals surface area contributed by atoms with Gasteiger partial charge in [-0.2, -0.15) is 10.2 Å². The lowest BCUT2D eigenvalue weighted by Gasteiger charge is -2.01. The molecule has 0 radical (unpaired) electrons. The Morgan fingerprint density at radius 1 is 1.37 bits per heavy atom. The van der Waals surface area contributed by atoms with Gasteiger partial charge in [0.15, 0.2) is 0 Å². The molecule has 0 atom stereocenters. The first-order valence-electron chi connectivity index (χ1n) is 5.88. The van der Waals surface area contributed by atoms with Crippen molar-refractivity contribution in [3.63, 3.8) is 0 Å². The van der Waals surface area contributed by atoms with E-state index in [1.807, 2.05) is 6.07 Å². The maximum absolute atomic E-state index is 11.9. The molecular formula is C11H12N6OS. The normalized spacial score (nSPS) is 10.9. The molecule has 0 unspecified atom stereocenters. The standard InChI is InChI=1S/C11H12N6OS/c18-10(8-4-7-5-14-17-11(7)19-8)12-3-1-2-9-13-6-15-16-9/h4-6H,1-3H2,(H,12,18)(H,14,17)(H,13,15,16). The summed E-state index contributed by atoms with van der Waals surface area (Å²) in [5.41, 5.74) is 0. The Morgan fingerprint density at radius 2 is 2.32 bits per heavy atom. The second kappa shape index (κ2) is 5.19. The van der Waals surface area contributed by atoms with Gasteiger partial charge in [0.2, 0.25) is 0 Å². The summed E-state index contributed by atoms with van der Waals surface area (Å²) in [6.07, 6.45) is 4.79. The van der Waals surface area contributed by atoms with E-state index in [0.717, 1.165) is 28.9 Å². The smallest absolute Gasteiger partial charge is 0.261 e. The van der Waals surface area contributed by atoms with E-state index in [9.17, 15) is 4.79 Å². The highest BCUT2D eigenvalue weighted by molar-refractivity contribution is 7.20. The highest BCUT2D eigenvalue weighted by atomic mass is 32.1. The van der Waals surface area contributed by atoms with Crippen LogP contribution in [-0.4, -0.2) is 37.8 Å². The Hall–Kier alpha value is -2.22. The van der Waals surface area contributed by atoms with E-state index in [4.69, 9.17) is 0 Å². The van der Waals surface area contributed by atoms with E-state index >= 15 is 0 Å². The molecule has 0 spiro atoms. The molecule has 3 N–H and O–H groups in total. The number of fused-ring (bicyclic) bond motifs is 1. The van der Waals surface area contributed by atoms with Crippen LogP contribution < -0.4 is 5.32 Å². The Bertz CT molecular complexity index is 642. The van der Waals surface area contributed by atoms with Crippen molar-refractivity contribution in [1.82, 2.24) is 30.7 Å². The van der Waals surface area contributed by atoms with Crippen LogP contribution in [0.25, 0.3) is 10.2 Å². The first kappa shape index (κ1) is 11.8. The molecule has 19 heavy (non-hydrogen) atoms. The second-order valence-corrected chi connectivity index (χ2v) is 5.11. The third-order valence-electron chi connectivity index (χ3n) is 2.70. The number of carbonyl (C=O) groups excluding carboxylic acids is 1. The van der Waals surface area contributed by atoms with Crippen molar-refractivity contribution in [3.05, 3.63) is 29.3 Å². The quantitative estimate of drug-likeness (QED) is 0.608. The minimum Gasteiger partial charge on any atom is -0.351 e. The first-order chi connectivity index (χ1) is 9.33. The van der Waals surface area contributed by atoms with Crippen LogP contribution >= 0.6 is 11.3 Å². The number of rotatable bonds is 5. The number of nitrogens with zero attached hydrogens (tertiary/aromatic N) is 3. The summed E-state index contributed by atoms with van der Waals surface area (Å²) in [6.45, 7) is 0.615. The minimum absolute atomic E-state index is 0.0489. The lowest BCUT2D eigenvalue weighted by molar-refractivity contribution is 0.0957. The van der Waals surface area contributed by atoms with Crippen molar-refractivity contribution in [2.45, 2.75) is 12.8 Å². The summed E-state index contributed by atoms with van der Waals surface area (Å²) in [5.74, 6) is 0.789. The van der Waals surface area contributed by atoms with Gasteiger partial charge in [-0.15, -0.1) is 11.3 Å². The number of amides is 1. The highest BCUT2D eigenvalue weighted by Gasteiger charge is 2.10. The van der Waals surface area contributed by atoms with Crippen molar-refractivity contribution in [3.8, 4) is 0 Å². The van der Waals surface area contributed by atoms with Crippen molar-refractivity contribution in [1.29, 1.82) is 0 Å². The van der Waals surface area contributed by atoms with Gasteiger partial charge in [-0.05, 0) is 12.5 Å². The molecule has 1 amide bonds. The fourth-order valence-electron chi connectivity index (χ4n) is 1.76. The van der Waals surface area contributed by atoms with Crippen LogP contribution in [-0.2, 0) is 6.42 Å². The molecule has 0 aliphatic carbocycles. The topological polar surface area (TPSA) is 99.3 Å². The summed E-state index contributed by atoms with van der Waals surface area (Å²) in [7, 11) is 0. The SMILES string of the molecule is O=C(NCCCc1ncn[nH]1)c1cc2cn[nH]c2s1. The van der Waals surface area contributed by atoms with E-state index < -0.39 is 0 Å². The molecule has 98 valence electrons. The Kier molecular flexibility index (Phi) is 3.23. The van der Waals surface area contributed by atoms with Crippen molar-refractivity contribution < 1.29 is 4.79 Å². The number of nitrogens with one attached hydrogen (secondary N) is 3. The van der Waals surface area contributed by atoms with Gasteiger partial charge < -0.3 is 5.32 Å². The van der Waals surface area contributed by atoms with E-state index in [-0.39, 0.29) is 5.91 Å². The first-order valence-corrected chi connectivity index (χ1v) is 6.70. The van der Waals surface area contributed by atoms with Gasteiger partial charge >= 0.3 is 0 Å². The Labute approximate surface area is 112 Å². The van der Waals surface area contributed by atoms with Crippen LogP contribution in [0.5, 0.6) is 0 Å². The predicted octanol–water partition coefficient (Wildman–Crippen LogP) is 1.11. The number of H-pyrrole nitrogens is 2. The van der Waals surface area contributed by atoms with Crippen LogP contribution in [0.3, 0.4) is 0 Å². The van der Waals surface area contributed by atoms with Gasteiger partial charge in [-0.3, -0.25) is 15.0 Å². The molecule has 3 heterocycles. The molecule has 0 aliphatic heterocycles. The Morgan fingerprint density at radius 3 is 3.11 bits per heavy atom. The van der Waals surface area contributed by atoms with Crippen molar-refractivity contribution in [2.75, 3.05) is 6.54 Å². The third-order valence-corrected chi connectivity index (χ3v) is 3.75. The number of hydrogen-bond acceptors (Lipinski definition) is 5. The van der Waals surface area contributed by atoms with Gasteiger partial charge in [0.25, 0.3) is 5.91 Å². The zero-order valence-electron chi connectivity index (χ0n) is 10.0. The molecule has 0 saturated heterocycles. The molecule has 0 fully saturated rings. The maximum atomic E-state index is 11.9. The molecule has 7 nitrogen and oxygen atoms in total. The highest BCUT2D eigenvalue weighted by Crippen LogP contribution is 2.22. The zero-order chi connectivity index (χ0) is 13.1. The Balaban J connectivity index is 1.50. The second-order valence-electron chi connectivity index (χ2n) is 4.06. The fourth-order valence-corrected chi connectivity index (χ4v) is 2.66. The molecule has 3 rings (SSSR count). The maximum Gasteiger partial charge on any atom is 0.261 e. The lowest BCUT2D eigenvalue weighted by Crippen LogP contribution is -2.23. The van der Waals surface area contributed by atoms with Crippen LogP contribution in [0.15, 0.2) is 18.6 Å². The van der Waals surface area contributed by atoms with E-state index in [2.05, 4.69) is 30.7 Å². The molecule has 0 bridgehead atoms. The lowest BCUT2D eigenvalue weighted by atomic mass is 10.3. The van der Waals surface area contributed by atoms with Crippen molar-refractivity contribution >= 4 is 27.5 Å². The predicted molar refractivity (Wildman–Crippen MR) is 71.0 cm³/mol. The average Bonchev–Trinajstić information content (AvgIpc) is 3.09. The minimum atomic E-state index is -0.0489. The molecule has 3 aromatic heterocycles. The van der Waals surface area contributed by atoms with E-state index in [1.54, 1.807) is 6.20 Å².